The van der Waals surface area contributed by atoms with Gasteiger partial charge in [-0.2, -0.15) is 0 Å². The van der Waals surface area contributed by atoms with Crippen molar-refractivity contribution in [2.75, 3.05) is 16.8 Å². The largest absolute Gasteiger partial charge is 0.483 e. The first kappa shape index (κ1) is 24.8. The van der Waals surface area contributed by atoms with Gasteiger partial charge in [0.25, 0.3) is 23.4 Å². The number of amides is 5. The van der Waals surface area contributed by atoms with E-state index in [-0.39, 0.29) is 29.3 Å². The van der Waals surface area contributed by atoms with Crippen molar-refractivity contribution < 1.29 is 28.8 Å². The summed E-state index contributed by atoms with van der Waals surface area (Å²) in [5.74, 6) is -2.01. The highest BCUT2D eigenvalue weighted by Gasteiger charge is 2.37. The molecule has 11 heteroatoms. The van der Waals surface area contributed by atoms with Gasteiger partial charge in [-0.1, -0.05) is 36.4 Å². The van der Waals surface area contributed by atoms with Gasteiger partial charge in [-0.05, 0) is 42.8 Å². The van der Waals surface area contributed by atoms with Gasteiger partial charge < -0.3 is 10.1 Å². The fourth-order valence-corrected chi connectivity index (χ4v) is 3.54. The van der Waals surface area contributed by atoms with Crippen LogP contribution in [0.15, 0.2) is 78.4 Å². The zero-order valence-electron chi connectivity index (χ0n) is 19.5. The Morgan fingerprint density at radius 3 is 2.41 bits per heavy atom. The van der Waals surface area contributed by atoms with Gasteiger partial charge in [0.1, 0.15) is 11.3 Å². The van der Waals surface area contributed by atoms with Crippen LogP contribution in [-0.4, -0.2) is 35.3 Å². The van der Waals surface area contributed by atoms with E-state index in [2.05, 4.69) is 10.6 Å². The number of benzene rings is 3. The van der Waals surface area contributed by atoms with E-state index in [4.69, 9.17) is 4.74 Å². The van der Waals surface area contributed by atoms with Crippen molar-refractivity contribution in [1.29, 1.82) is 0 Å². The number of hydrogen-bond acceptors (Lipinski definition) is 7. The lowest BCUT2D eigenvalue weighted by atomic mass is 10.1. The van der Waals surface area contributed by atoms with Gasteiger partial charge in [0.05, 0.1) is 10.6 Å². The summed E-state index contributed by atoms with van der Waals surface area (Å²) in [5.41, 5.74) is 1.31. The van der Waals surface area contributed by atoms with Crippen molar-refractivity contribution in [3.63, 3.8) is 0 Å². The number of carbonyl (C=O) groups excluding carboxylic acids is 4. The number of nitrogens with one attached hydrogen (secondary N) is 2. The molecule has 1 saturated heterocycles. The number of rotatable bonds is 7. The fourth-order valence-electron chi connectivity index (χ4n) is 3.54. The molecule has 5 amide bonds. The van der Waals surface area contributed by atoms with Gasteiger partial charge in [0.15, 0.2) is 6.61 Å². The first-order chi connectivity index (χ1) is 17.7. The molecule has 0 bridgehead atoms. The van der Waals surface area contributed by atoms with Crippen molar-refractivity contribution in [2.24, 2.45) is 0 Å². The molecule has 1 aliphatic rings. The molecule has 2 N–H and O–H groups in total. The highest BCUT2D eigenvalue weighted by molar-refractivity contribution is 6.39. The van der Waals surface area contributed by atoms with Crippen LogP contribution in [-0.2, 0) is 14.4 Å². The van der Waals surface area contributed by atoms with Gasteiger partial charge in [-0.15, -0.1) is 0 Å². The molecule has 3 aromatic carbocycles. The molecule has 0 radical (unpaired) electrons. The second kappa shape index (κ2) is 10.5. The summed E-state index contributed by atoms with van der Waals surface area (Å²) in [6.45, 7) is 1.52. The van der Waals surface area contributed by atoms with Crippen LogP contribution >= 0.6 is 0 Å². The van der Waals surface area contributed by atoms with E-state index in [0.29, 0.717) is 16.2 Å². The SMILES string of the molecule is Cc1ccccc1NC(=O)COc1ccccc1/C=C1/C(=O)NC(=O)N(c2ccc([N+](=O)[O-])cc2)C1=O. The second-order valence-electron chi connectivity index (χ2n) is 7.92. The summed E-state index contributed by atoms with van der Waals surface area (Å²) in [6, 6.07) is 17.5. The monoisotopic (exact) mass is 500 g/mol. The van der Waals surface area contributed by atoms with Crippen LogP contribution in [0.3, 0.4) is 0 Å². The number of nitro groups is 1. The number of aryl methyl sites for hydroxylation is 1. The lowest BCUT2D eigenvalue weighted by Crippen LogP contribution is -2.54. The fraction of sp³-hybridized carbons (Fsp3) is 0.0769. The third-order valence-electron chi connectivity index (χ3n) is 5.42. The van der Waals surface area contributed by atoms with Gasteiger partial charge in [0.2, 0.25) is 0 Å². The molecule has 0 spiro atoms. The number of nitro benzene ring substituents is 1. The number of barbiturate groups is 1. The van der Waals surface area contributed by atoms with Crippen LogP contribution in [0.2, 0.25) is 0 Å². The third kappa shape index (κ3) is 5.51. The van der Waals surface area contributed by atoms with E-state index in [1.165, 1.54) is 18.2 Å². The molecule has 37 heavy (non-hydrogen) atoms. The molecule has 0 unspecified atom stereocenters. The molecule has 1 aliphatic heterocycles. The molecular formula is C26H20N4O7. The Labute approximate surface area is 210 Å². The predicted molar refractivity (Wildman–Crippen MR) is 134 cm³/mol. The Hall–Kier alpha value is -5.32. The van der Waals surface area contributed by atoms with E-state index in [9.17, 15) is 29.3 Å². The molecule has 0 saturated carbocycles. The average Bonchev–Trinajstić information content (AvgIpc) is 2.87. The average molecular weight is 500 g/mol. The van der Waals surface area contributed by atoms with E-state index < -0.39 is 28.7 Å². The van der Waals surface area contributed by atoms with Crippen molar-refractivity contribution in [3.8, 4) is 5.75 Å². The molecule has 1 heterocycles. The minimum absolute atomic E-state index is 0.0453. The first-order valence-corrected chi connectivity index (χ1v) is 11.0. The lowest BCUT2D eigenvalue weighted by molar-refractivity contribution is -0.384. The number of ether oxygens (including phenoxy) is 1. The number of imide groups is 2. The maximum Gasteiger partial charge on any atom is 0.335 e. The Kier molecular flexibility index (Phi) is 7.05. The van der Waals surface area contributed by atoms with Crippen LogP contribution in [0.1, 0.15) is 11.1 Å². The Morgan fingerprint density at radius 1 is 1.03 bits per heavy atom. The summed E-state index contributed by atoms with van der Waals surface area (Å²) < 4.78 is 5.65. The first-order valence-electron chi connectivity index (χ1n) is 11.0. The quantitative estimate of drug-likeness (QED) is 0.218. The minimum atomic E-state index is -0.988. The van der Waals surface area contributed by atoms with Crippen molar-refractivity contribution in [3.05, 3.63) is 99.6 Å². The van der Waals surface area contributed by atoms with Crippen molar-refractivity contribution >= 4 is 46.9 Å². The summed E-state index contributed by atoms with van der Waals surface area (Å²) in [6.07, 6.45) is 1.25. The number of hydrogen-bond donors (Lipinski definition) is 2. The molecule has 3 aromatic rings. The number of para-hydroxylation sites is 2. The molecule has 186 valence electrons. The molecule has 4 rings (SSSR count). The predicted octanol–water partition coefficient (Wildman–Crippen LogP) is 3.59. The van der Waals surface area contributed by atoms with E-state index in [0.717, 1.165) is 17.7 Å². The number of carbonyl (C=O) groups is 4. The van der Waals surface area contributed by atoms with Gasteiger partial charge in [0, 0.05) is 23.4 Å². The topological polar surface area (TPSA) is 148 Å². The molecule has 0 aliphatic carbocycles. The standard InChI is InChI=1S/C26H20N4O7/c1-16-6-2-4-8-21(16)27-23(31)15-37-22-9-5-3-7-17(22)14-20-24(32)28-26(34)29(25(20)33)18-10-12-19(13-11-18)30(35)36/h2-14H,15H2,1H3,(H,27,31)(H,28,32,34)/b20-14-. The van der Waals surface area contributed by atoms with Crippen molar-refractivity contribution in [1.82, 2.24) is 5.32 Å². The maximum absolute atomic E-state index is 13.1. The smallest absolute Gasteiger partial charge is 0.335 e. The summed E-state index contributed by atoms with van der Waals surface area (Å²) >= 11 is 0. The second-order valence-corrected chi connectivity index (χ2v) is 7.92. The van der Waals surface area contributed by atoms with Crippen LogP contribution in [0.5, 0.6) is 5.75 Å². The third-order valence-corrected chi connectivity index (χ3v) is 5.42. The number of anilines is 2. The minimum Gasteiger partial charge on any atom is -0.483 e. The number of urea groups is 1. The number of nitrogens with zero attached hydrogens (tertiary/aromatic N) is 2. The number of non-ortho nitro benzene ring substituents is 1. The molecule has 0 aromatic heterocycles. The summed E-state index contributed by atoms with van der Waals surface area (Å²) in [5, 5.41) is 15.7. The Morgan fingerprint density at radius 2 is 1.70 bits per heavy atom. The Balaban J connectivity index is 1.55. The summed E-state index contributed by atoms with van der Waals surface area (Å²) in [4.78, 5) is 61.4. The van der Waals surface area contributed by atoms with E-state index >= 15 is 0 Å². The van der Waals surface area contributed by atoms with Gasteiger partial charge >= 0.3 is 6.03 Å². The van der Waals surface area contributed by atoms with E-state index in [1.54, 1.807) is 36.4 Å². The van der Waals surface area contributed by atoms with Gasteiger partial charge in [-0.3, -0.25) is 29.8 Å². The molecule has 0 atom stereocenters. The van der Waals surface area contributed by atoms with Crippen molar-refractivity contribution in [2.45, 2.75) is 6.92 Å². The highest BCUT2D eigenvalue weighted by atomic mass is 16.6. The summed E-state index contributed by atoms with van der Waals surface area (Å²) in [7, 11) is 0. The van der Waals surface area contributed by atoms with Crippen LogP contribution in [0.4, 0.5) is 21.9 Å². The molecule has 1 fully saturated rings. The normalized spacial score (nSPS) is 14.4. The lowest BCUT2D eigenvalue weighted by Gasteiger charge is -2.26. The van der Waals surface area contributed by atoms with E-state index in [1.807, 2.05) is 19.1 Å². The Bertz CT molecular complexity index is 1450. The molecule has 11 nitrogen and oxygen atoms in total. The zero-order chi connectivity index (χ0) is 26.5. The zero-order valence-corrected chi connectivity index (χ0v) is 19.5. The highest BCUT2D eigenvalue weighted by Crippen LogP contribution is 2.26. The van der Waals surface area contributed by atoms with Crippen LogP contribution in [0.25, 0.3) is 6.08 Å². The van der Waals surface area contributed by atoms with Crippen LogP contribution < -0.4 is 20.3 Å². The van der Waals surface area contributed by atoms with Crippen LogP contribution in [0, 0.1) is 17.0 Å². The maximum atomic E-state index is 13.1. The molecular weight excluding hydrogens is 480 g/mol. The van der Waals surface area contributed by atoms with Gasteiger partial charge in [-0.25, -0.2) is 9.69 Å².